The maximum absolute atomic E-state index is 12.3. The van der Waals surface area contributed by atoms with E-state index in [2.05, 4.69) is 10.2 Å². The lowest BCUT2D eigenvalue weighted by Crippen LogP contribution is -2.51. The van der Waals surface area contributed by atoms with Crippen LogP contribution in [0.3, 0.4) is 0 Å². The summed E-state index contributed by atoms with van der Waals surface area (Å²) in [6, 6.07) is 0.131. The second-order valence-corrected chi connectivity index (χ2v) is 5.38. The maximum atomic E-state index is 12.3. The highest BCUT2D eigenvalue weighted by atomic mass is 16.4. The fraction of sp³-hybridized carbons (Fsp3) is 0.846. The van der Waals surface area contributed by atoms with Crippen molar-refractivity contribution in [3.63, 3.8) is 0 Å². The topological polar surface area (TPSA) is 72.9 Å². The van der Waals surface area contributed by atoms with Gasteiger partial charge in [0.2, 0.25) is 5.91 Å². The van der Waals surface area contributed by atoms with E-state index in [1.807, 2.05) is 0 Å². The summed E-state index contributed by atoms with van der Waals surface area (Å²) in [5.74, 6) is -0.947. The number of piperazine rings is 1. The molecule has 1 aliphatic heterocycles. The lowest BCUT2D eigenvalue weighted by Gasteiger charge is -2.32. The number of carboxylic acid groups (broad SMARTS) is 1. The molecular formula is C13H23N3O3. The first-order valence-electron chi connectivity index (χ1n) is 7.11. The van der Waals surface area contributed by atoms with Crippen LogP contribution in [0.5, 0.6) is 0 Å². The molecule has 108 valence electrons. The summed E-state index contributed by atoms with van der Waals surface area (Å²) < 4.78 is 0. The molecule has 1 amide bonds. The van der Waals surface area contributed by atoms with Gasteiger partial charge in [-0.3, -0.25) is 14.5 Å². The molecule has 0 atom stereocenters. The first-order chi connectivity index (χ1) is 9.16. The summed E-state index contributed by atoms with van der Waals surface area (Å²) in [6.07, 6.45) is 4.09. The SMILES string of the molecule is O=C(O)CN(C(=O)CN1CCNCC1)C1CCCC1. The van der Waals surface area contributed by atoms with Gasteiger partial charge in [0.05, 0.1) is 6.54 Å². The van der Waals surface area contributed by atoms with Crippen LogP contribution in [0.4, 0.5) is 0 Å². The molecule has 0 aromatic carbocycles. The van der Waals surface area contributed by atoms with Crippen LogP contribution in [-0.2, 0) is 9.59 Å². The van der Waals surface area contributed by atoms with Gasteiger partial charge in [-0.25, -0.2) is 0 Å². The van der Waals surface area contributed by atoms with E-state index in [1.165, 1.54) is 0 Å². The zero-order valence-electron chi connectivity index (χ0n) is 11.3. The molecular weight excluding hydrogens is 246 g/mol. The number of nitrogens with one attached hydrogen (secondary N) is 1. The Morgan fingerprint density at radius 3 is 2.42 bits per heavy atom. The van der Waals surface area contributed by atoms with Crippen molar-refractivity contribution < 1.29 is 14.7 Å². The van der Waals surface area contributed by atoms with E-state index >= 15 is 0 Å². The van der Waals surface area contributed by atoms with Crippen molar-refractivity contribution in [2.75, 3.05) is 39.3 Å². The molecule has 2 N–H and O–H groups in total. The predicted octanol–water partition coefficient (Wildman–Crippen LogP) is -0.253. The molecule has 1 saturated heterocycles. The van der Waals surface area contributed by atoms with E-state index in [0.29, 0.717) is 6.54 Å². The highest BCUT2D eigenvalue weighted by Crippen LogP contribution is 2.23. The van der Waals surface area contributed by atoms with Crippen LogP contribution in [0.1, 0.15) is 25.7 Å². The molecule has 0 unspecified atom stereocenters. The van der Waals surface area contributed by atoms with E-state index in [1.54, 1.807) is 4.90 Å². The number of hydrogen-bond acceptors (Lipinski definition) is 4. The van der Waals surface area contributed by atoms with E-state index < -0.39 is 5.97 Å². The van der Waals surface area contributed by atoms with Crippen molar-refractivity contribution in [3.05, 3.63) is 0 Å². The third-order valence-electron chi connectivity index (χ3n) is 3.96. The van der Waals surface area contributed by atoms with Gasteiger partial charge in [-0.1, -0.05) is 12.8 Å². The quantitative estimate of drug-likeness (QED) is 0.720. The van der Waals surface area contributed by atoms with Gasteiger partial charge < -0.3 is 15.3 Å². The standard InChI is InChI=1S/C13H23N3O3/c17-12(9-15-7-5-14-6-8-15)16(10-13(18)19)11-3-1-2-4-11/h11,14H,1-10H2,(H,18,19). The van der Waals surface area contributed by atoms with Gasteiger partial charge >= 0.3 is 5.97 Å². The fourth-order valence-electron chi connectivity index (χ4n) is 2.93. The minimum atomic E-state index is -0.916. The van der Waals surface area contributed by atoms with Gasteiger partial charge in [0.25, 0.3) is 0 Å². The van der Waals surface area contributed by atoms with Gasteiger partial charge in [-0.2, -0.15) is 0 Å². The average Bonchev–Trinajstić information content (AvgIpc) is 2.90. The van der Waals surface area contributed by atoms with Crippen LogP contribution in [0.15, 0.2) is 0 Å². The molecule has 2 fully saturated rings. The Kier molecular flexibility index (Phi) is 5.15. The lowest BCUT2D eigenvalue weighted by molar-refractivity contribution is -0.146. The van der Waals surface area contributed by atoms with E-state index in [-0.39, 0.29) is 18.5 Å². The number of rotatable bonds is 5. The summed E-state index contributed by atoms with van der Waals surface area (Å²) in [6.45, 7) is 3.71. The average molecular weight is 269 g/mol. The number of hydrogen-bond donors (Lipinski definition) is 2. The summed E-state index contributed by atoms with van der Waals surface area (Å²) >= 11 is 0. The highest BCUT2D eigenvalue weighted by Gasteiger charge is 2.29. The molecule has 19 heavy (non-hydrogen) atoms. The number of carbonyl (C=O) groups excluding carboxylic acids is 1. The fourth-order valence-corrected chi connectivity index (χ4v) is 2.93. The second kappa shape index (κ2) is 6.86. The minimum Gasteiger partial charge on any atom is -0.480 e. The monoisotopic (exact) mass is 269 g/mol. The Morgan fingerprint density at radius 2 is 1.84 bits per heavy atom. The number of aliphatic carboxylic acids is 1. The van der Waals surface area contributed by atoms with Gasteiger partial charge in [0.15, 0.2) is 0 Å². The van der Waals surface area contributed by atoms with Crippen LogP contribution in [0, 0.1) is 0 Å². The summed E-state index contributed by atoms with van der Waals surface area (Å²) in [7, 11) is 0. The molecule has 0 aromatic heterocycles. The number of carbonyl (C=O) groups is 2. The molecule has 0 spiro atoms. The van der Waals surface area contributed by atoms with Crippen molar-refractivity contribution in [3.8, 4) is 0 Å². The predicted molar refractivity (Wildman–Crippen MR) is 70.9 cm³/mol. The molecule has 6 heteroatoms. The molecule has 2 aliphatic rings. The normalized spacial score (nSPS) is 21.5. The van der Waals surface area contributed by atoms with Crippen molar-refractivity contribution in [1.82, 2.24) is 15.1 Å². The number of amides is 1. The zero-order chi connectivity index (χ0) is 13.7. The smallest absolute Gasteiger partial charge is 0.323 e. The highest BCUT2D eigenvalue weighted by molar-refractivity contribution is 5.83. The Labute approximate surface area is 113 Å². The van der Waals surface area contributed by atoms with E-state index in [0.717, 1.165) is 51.9 Å². The van der Waals surface area contributed by atoms with Crippen molar-refractivity contribution in [2.24, 2.45) is 0 Å². The largest absolute Gasteiger partial charge is 0.480 e. The first kappa shape index (κ1) is 14.3. The Bertz CT molecular complexity index is 323. The first-order valence-corrected chi connectivity index (χ1v) is 7.11. The lowest BCUT2D eigenvalue weighted by atomic mass is 10.2. The second-order valence-electron chi connectivity index (χ2n) is 5.38. The molecule has 0 aromatic rings. The Morgan fingerprint density at radius 1 is 1.21 bits per heavy atom. The molecule has 0 radical (unpaired) electrons. The molecule has 1 saturated carbocycles. The molecule has 6 nitrogen and oxygen atoms in total. The van der Waals surface area contributed by atoms with E-state index in [9.17, 15) is 9.59 Å². The van der Waals surface area contributed by atoms with Crippen molar-refractivity contribution in [2.45, 2.75) is 31.7 Å². The Hall–Kier alpha value is -1.14. The summed E-state index contributed by atoms with van der Waals surface area (Å²) in [4.78, 5) is 27.0. The van der Waals surface area contributed by atoms with Crippen molar-refractivity contribution in [1.29, 1.82) is 0 Å². The Balaban J connectivity index is 1.91. The maximum Gasteiger partial charge on any atom is 0.323 e. The number of nitrogens with zero attached hydrogens (tertiary/aromatic N) is 2. The third-order valence-corrected chi connectivity index (χ3v) is 3.96. The van der Waals surface area contributed by atoms with Gasteiger partial charge in [0.1, 0.15) is 6.54 Å². The van der Waals surface area contributed by atoms with Gasteiger partial charge in [-0.15, -0.1) is 0 Å². The van der Waals surface area contributed by atoms with E-state index in [4.69, 9.17) is 5.11 Å². The number of carboxylic acids is 1. The minimum absolute atomic E-state index is 0.0313. The van der Waals surface area contributed by atoms with Crippen molar-refractivity contribution >= 4 is 11.9 Å². The molecule has 0 bridgehead atoms. The molecule has 1 heterocycles. The van der Waals surface area contributed by atoms with Crippen LogP contribution >= 0.6 is 0 Å². The molecule has 1 aliphatic carbocycles. The van der Waals surface area contributed by atoms with Crippen LogP contribution in [-0.4, -0.2) is 72.1 Å². The molecule has 2 rings (SSSR count). The third kappa shape index (κ3) is 4.18. The summed E-state index contributed by atoms with van der Waals surface area (Å²) in [5, 5.41) is 12.2. The van der Waals surface area contributed by atoms with Crippen LogP contribution in [0.25, 0.3) is 0 Å². The summed E-state index contributed by atoms with van der Waals surface area (Å²) in [5.41, 5.74) is 0. The van der Waals surface area contributed by atoms with Gasteiger partial charge in [0, 0.05) is 32.2 Å². The van der Waals surface area contributed by atoms with Crippen LogP contribution in [0.2, 0.25) is 0 Å². The van der Waals surface area contributed by atoms with Gasteiger partial charge in [-0.05, 0) is 12.8 Å². The van der Waals surface area contributed by atoms with Crippen LogP contribution < -0.4 is 5.32 Å². The zero-order valence-corrected chi connectivity index (χ0v) is 11.3.